The van der Waals surface area contributed by atoms with Gasteiger partial charge in [-0.3, -0.25) is 0 Å². The number of hydrogen-bond acceptors (Lipinski definition) is 7. The molecule has 1 aliphatic heterocycles. The third-order valence-electron chi connectivity index (χ3n) is 6.95. The maximum absolute atomic E-state index is 12.6. The average molecular weight is 569 g/mol. The van der Waals surface area contributed by atoms with Crippen LogP contribution in [-0.2, 0) is 14.3 Å². The highest BCUT2D eigenvalue weighted by Crippen LogP contribution is 2.26. The third-order valence-corrected chi connectivity index (χ3v) is 6.95. The number of carbonyl (C=O) groups excluding carboxylic acids is 3. The van der Waals surface area contributed by atoms with Crippen molar-refractivity contribution in [2.24, 2.45) is 0 Å². The highest BCUT2D eigenvalue weighted by Gasteiger charge is 2.26. The molecular weight excluding hydrogens is 532 g/mol. The van der Waals surface area contributed by atoms with Crippen molar-refractivity contribution in [2.45, 2.75) is 57.5 Å². The Balaban J connectivity index is 1.11. The molecule has 7 nitrogen and oxygen atoms in total. The van der Waals surface area contributed by atoms with Crippen LogP contribution in [0.5, 0.6) is 17.2 Å². The van der Waals surface area contributed by atoms with E-state index in [4.69, 9.17) is 18.9 Å². The van der Waals surface area contributed by atoms with Gasteiger partial charge in [-0.05, 0) is 78.9 Å². The van der Waals surface area contributed by atoms with Gasteiger partial charge in [-0.2, -0.15) is 0 Å². The van der Waals surface area contributed by atoms with Crippen molar-refractivity contribution in [3.8, 4) is 28.4 Å². The van der Waals surface area contributed by atoms with Crippen molar-refractivity contribution in [3.05, 3.63) is 103 Å². The Bertz CT molecular complexity index is 1360. The fourth-order valence-corrected chi connectivity index (χ4v) is 4.61. The molecule has 0 aliphatic carbocycles. The van der Waals surface area contributed by atoms with Gasteiger partial charge >= 0.3 is 17.9 Å². The summed E-state index contributed by atoms with van der Waals surface area (Å²) in [7, 11) is 0. The lowest BCUT2D eigenvalue weighted by Gasteiger charge is -2.09. The molecule has 0 radical (unpaired) electrons. The Labute approximate surface area is 246 Å². The smallest absolute Gasteiger partial charge is 0.343 e. The quantitative estimate of drug-likeness (QED) is 0.0805. The number of ether oxygens (including phenoxy) is 4. The molecule has 1 saturated heterocycles. The van der Waals surface area contributed by atoms with Crippen LogP contribution in [0.15, 0.2) is 97.6 Å². The topological polar surface area (TPSA) is 88.1 Å². The first-order valence-corrected chi connectivity index (χ1v) is 14.3. The van der Waals surface area contributed by atoms with E-state index in [1.165, 1.54) is 0 Å². The van der Waals surface area contributed by atoms with Gasteiger partial charge < -0.3 is 18.9 Å². The number of rotatable bonds is 15. The van der Waals surface area contributed by atoms with Gasteiger partial charge in [-0.25, -0.2) is 14.4 Å². The standard InChI is InChI=1S/C35H36O7/c1-3-33(36)40-30-19-11-26(12-20-30)27-13-21-31(22-14-27)41-35(38)28-15-17-29(18-16-28)39-23-9-7-5-4-6-8-10-32-24-25(2)34(37)42-32/h3,11-22,32H,1-2,4-10,23-24H2. The van der Waals surface area contributed by atoms with Crippen LogP contribution < -0.4 is 14.2 Å². The zero-order valence-corrected chi connectivity index (χ0v) is 23.7. The molecule has 0 spiro atoms. The first-order chi connectivity index (χ1) is 20.4. The van der Waals surface area contributed by atoms with E-state index in [0.717, 1.165) is 62.1 Å². The first-order valence-electron chi connectivity index (χ1n) is 14.3. The fourth-order valence-electron chi connectivity index (χ4n) is 4.61. The largest absolute Gasteiger partial charge is 0.494 e. The number of cyclic esters (lactones) is 1. The number of hydrogen-bond donors (Lipinski definition) is 0. The summed E-state index contributed by atoms with van der Waals surface area (Å²) in [5.41, 5.74) is 2.89. The third kappa shape index (κ3) is 9.20. The van der Waals surface area contributed by atoms with Gasteiger partial charge in [0, 0.05) is 18.1 Å². The van der Waals surface area contributed by atoms with Gasteiger partial charge in [0.05, 0.1) is 12.2 Å². The van der Waals surface area contributed by atoms with Gasteiger partial charge in [0.2, 0.25) is 0 Å². The van der Waals surface area contributed by atoms with E-state index in [2.05, 4.69) is 13.2 Å². The Morgan fingerprint density at radius 2 is 1.31 bits per heavy atom. The van der Waals surface area contributed by atoms with Crippen LogP contribution in [0.3, 0.4) is 0 Å². The van der Waals surface area contributed by atoms with E-state index in [-0.39, 0.29) is 12.1 Å². The molecule has 4 rings (SSSR count). The minimum atomic E-state index is -0.510. The first kappa shape index (κ1) is 30.3. The minimum Gasteiger partial charge on any atom is -0.494 e. The van der Waals surface area contributed by atoms with Crippen LogP contribution in [-0.4, -0.2) is 30.6 Å². The van der Waals surface area contributed by atoms with Crippen LogP contribution in [0.4, 0.5) is 0 Å². The molecule has 42 heavy (non-hydrogen) atoms. The second-order valence-electron chi connectivity index (χ2n) is 10.2. The van der Waals surface area contributed by atoms with E-state index in [1.54, 1.807) is 48.5 Å². The molecule has 0 bridgehead atoms. The molecule has 0 amide bonds. The van der Waals surface area contributed by atoms with E-state index in [1.807, 2.05) is 24.3 Å². The molecule has 1 unspecified atom stereocenters. The molecule has 0 N–H and O–H groups in total. The lowest BCUT2D eigenvalue weighted by Crippen LogP contribution is -2.08. The van der Waals surface area contributed by atoms with Gasteiger partial charge in [0.15, 0.2) is 0 Å². The highest BCUT2D eigenvalue weighted by atomic mass is 16.6. The number of esters is 3. The molecule has 3 aromatic carbocycles. The molecular formula is C35H36O7. The Hall–Kier alpha value is -4.65. The van der Waals surface area contributed by atoms with E-state index < -0.39 is 11.9 Å². The number of carbonyl (C=O) groups is 3. The Morgan fingerprint density at radius 3 is 1.88 bits per heavy atom. The normalized spacial score (nSPS) is 14.2. The molecule has 1 heterocycles. The lowest BCUT2D eigenvalue weighted by molar-refractivity contribution is -0.139. The van der Waals surface area contributed by atoms with Gasteiger partial charge in [-0.1, -0.05) is 63.1 Å². The maximum Gasteiger partial charge on any atom is 0.343 e. The Morgan fingerprint density at radius 1 is 0.762 bits per heavy atom. The van der Waals surface area contributed by atoms with Crippen molar-refractivity contribution >= 4 is 17.9 Å². The highest BCUT2D eigenvalue weighted by molar-refractivity contribution is 5.91. The van der Waals surface area contributed by atoms with Crippen molar-refractivity contribution in [1.29, 1.82) is 0 Å². The predicted octanol–water partition coefficient (Wildman–Crippen LogP) is 7.65. The Kier molecular flexibility index (Phi) is 11.1. The van der Waals surface area contributed by atoms with Crippen LogP contribution in [0.2, 0.25) is 0 Å². The van der Waals surface area contributed by atoms with Crippen LogP contribution in [0.1, 0.15) is 61.7 Å². The van der Waals surface area contributed by atoms with Crippen LogP contribution >= 0.6 is 0 Å². The molecule has 7 heteroatoms. The summed E-state index contributed by atoms with van der Waals surface area (Å²) in [6, 6.07) is 21.2. The average Bonchev–Trinajstić information content (AvgIpc) is 3.33. The summed E-state index contributed by atoms with van der Waals surface area (Å²) < 4.78 is 21.7. The molecule has 1 atom stereocenters. The zero-order chi connectivity index (χ0) is 29.7. The minimum absolute atomic E-state index is 0.0211. The molecule has 1 aliphatic rings. The van der Waals surface area contributed by atoms with Gasteiger partial charge in [0.1, 0.15) is 23.4 Å². The van der Waals surface area contributed by atoms with E-state index >= 15 is 0 Å². The number of unbranched alkanes of at least 4 members (excludes halogenated alkanes) is 5. The van der Waals surface area contributed by atoms with Crippen LogP contribution in [0.25, 0.3) is 11.1 Å². The monoisotopic (exact) mass is 568 g/mol. The summed E-state index contributed by atoms with van der Waals surface area (Å²) in [5, 5.41) is 0. The second kappa shape index (κ2) is 15.4. The summed E-state index contributed by atoms with van der Waals surface area (Å²) >= 11 is 0. The summed E-state index contributed by atoms with van der Waals surface area (Å²) in [6.07, 6.45) is 9.27. The van der Waals surface area contributed by atoms with Crippen molar-refractivity contribution in [1.82, 2.24) is 0 Å². The summed E-state index contributed by atoms with van der Waals surface area (Å²) in [4.78, 5) is 35.3. The van der Waals surface area contributed by atoms with Crippen molar-refractivity contribution in [3.63, 3.8) is 0 Å². The summed E-state index contributed by atoms with van der Waals surface area (Å²) in [5.74, 6) is 0.395. The molecule has 218 valence electrons. The zero-order valence-electron chi connectivity index (χ0n) is 23.7. The lowest BCUT2D eigenvalue weighted by atomic mass is 10.0. The molecule has 0 aromatic heterocycles. The van der Waals surface area contributed by atoms with Crippen LogP contribution in [0, 0.1) is 0 Å². The predicted molar refractivity (Wildman–Crippen MR) is 161 cm³/mol. The second-order valence-corrected chi connectivity index (χ2v) is 10.2. The van der Waals surface area contributed by atoms with Crippen molar-refractivity contribution < 1.29 is 33.3 Å². The van der Waals surface area contributed by atoms with Crippen molar-refractivity contribution in [2.75, 3.05) is 6.61 Å². The van der Waals surface area contributed by atoms with Gasteiger partial charge in [-0.15, -0.1) is 0 Å². The molecule has 1 fully saturated rings. The SMILES string of the molecule is C=CC(=O)Oc1ccc(-c2ccc(OC(=O)c3ccc(OCCCCCCCCC4CC(=C)C(=O)O4)cc3)cc2)cc1. The van der Waals surface area contributed by atoms with Gasteiger partial charge in [0.25, 0.3) is 0 Å². The van der Waals surface area contributed by atoms with E-state index in [0.29, 0.717) is 41.4 Å². The molecule has 0 saturated carbocycles. The maximum atomic E-state index is 12.6. The fraction of sp³-hybridized carbons (Fsp3) is 0.286. The van der Waals surface area contributed by atoms with E-state index in [9.17, 15) is 14.4 Å². The molecule has 3 aromatic rings. The summed E-state index contributed by atoms with van der Waals surface area (Å²) in [6.45, 7) is 7.73. The number of benzene rings is 3.